The minimum absolute atomic E-state index is 0.0945. The van der Waals surface area contributed by atoms with Gasteiger partial charge in [-0.2, -0.15) is 0 Å². The van der Waals surface area contributed by atoms with Gasteiger partial charge in [-0.1, -0.05) is 42.1 Å². The Kier molecular flexibility index (Phi) is 6.72. The molecule has 1 aromatic carbocycles. The minimum Gasteiger partial charge on any atom is -0.367 e. The number of nitrogens with one attached hydrogen (secondary N) is 1. The maximum absolute atomic E-state index is 12.1. The van der Waals surface area contributed by atoms with Crippen LogP contribution < -0.4 is 5.32 Å². The average molecular weight is 322 g/mol. The molecule has 0 fully saturated rings. The van der Waals surface area contributed by atoms with Crippen LogP contribution in [0.2, 0.25) is 0 Å². The molecule has 2 rings (SSSR count). The zero-order valence-corrected chi connectivity index (χ0v) is 13.5. The van der Waals surface area contributed by atoms with E-state index in [-0.39, 0.29) is 5.91 Å². The maximum Gasteiger partial charge on any atom is 0.253 e. The molecule has 6 heteroatoms. The lowest BCUT2D eigenvalue weighted by molar-refractivity contribution is -0.131. The lowest BCUT2D eigenvalue weighted by atomic mass is 10.1. The molecule has 0 saturated heterocycles. The molecule has 2 aromatic rings. The van der Waals surface area contributed by atoms with Gasteiger partial charge in [-0.25, -0.2) is 4.98 Å². The Bertz CT molecular complexity index is 532. The molecule has 1 heterocycles. The highest BCUT2D eigenvalue weighted by molar-refractivity contribution is 8.00. The fraction of sp³-hybridized carbons (Fsp3) is 0.333. The van der Waals surface area contributed by atoms with E-state index in [4.69, 9.17) is 4.74 Å². The number of carbonyl (C=O) groups is 1. The second kappa shape index (κ2) is 8.81. The van der Waals surface area contributed by atoms with Crippen LogP contribution in [0.15, 0.2) is 46.2 Å². The second-order valence-corrected chi connectivity index (χ2v) is 6.55. The fourth-order valence-corrected chi connectivity index (χ4v) is 3.49. The zero-order chi connectivity index (χ0) is 14.9. The quantitative estimate of drug-likeness (QED) is 0.599. The molecule has 0 radical (unpaired) electrons. The van der Waals surface area contributed by atoms with Crippen LogP contribution in [0.1, 0.15) is 18.1 Å². The highest BCUT2D eigenvalue weighted by Gasteiger charge is 2.18. The summed E-state index contributed by atoms with van der Waals surface area (Å²) in [6.45, 7) is 0.643. The molecule has 0 aliphatic heterocycles. The van der Waals surface area contributed by atoms with Crippen molar-refractivity contribution >= 4 is 29.0 Å². The Hall–Kier alpha value is -1.37. The number of carbonyl (C=O) groups excluding carboxylic acids is 1. The van der Waals surface area contributed by atoms with Gasteiger partial charge in [-0.05, 0) is 12.0 Å². The van der Waals surface area contributed by atoms with Gasteiger partial charge in [0.2, 0.25) is 0 Å². The molecule has 1 aromatic heterocycles. The number of hydrogen-bond acceptors (Lipinski definition) is 5. The van der Waals surface area contributed by atoms with E-state index in [2.05, 4.69) is 10.3 Å². The predicted molar refractivity (Wildman–Crippen MR) is 86.7 cm³/mol. The van der Waals surface area contributed by atoms with E-state index in [9.17, 15) is 4.79 Å². The molecule has 0 spiro atoms. The highest BCUT2D eigenvalue weighted by Crippen LogP contribution is 2.20. The topological polar surface area (TPSA) is 51.2 Å². The van der Waals surface area contributed by atoms with Gasteiger partial charge in [0.25, 0.3) is 5.91 Å². The van der Waals surface area contributed by atoms with Crippen LogP contribution in [0.3, 0.4) is 0 Å². The van der Waals surface area contributed by atoms with Gasteiger partial charge in [-0.3, -0.25) is 4.79 Å². The Labute approximate surface area is 132 Å². The number of nitrogens with zero attached hydrogens (tertiary/aromatic N) is 1. The molecule has 0 aliphatic carbocycles. The van der Waals surface area contributed by atoms with Gasteiger partial charge in [0.15, 0.2) is 6.10 Å². The third-order valence-electron chi connectivity index (χ3n) is 2.83. The maximum atomic E-state index is 12.1. The van der Waals surface area contributed by atoms with Crippen molar-refractivity contribution in [3.05, 3.63) is 47.5 Å². The molecule has 0 bridgehead atoms. The number of thioether (sulfide) groups is 1. The molecule has 21 heavy (non-hydrogen) atoms. The number of rotatable bonds is 8. The SMILES string of the molecule is CO[C@@H](C(=O)NCCCSc1nccs1)c1ccccc1. The van der Waals surface area contributed by atoms with Crippen LogP contribution in [0.5, 0.6) is 0 Å². The van der Waals surface area contributed by atoms with Crippen LogP contribution >= 0.6 is 23.1 Å². The van der Waals surface area contributed by atoms with E-state index in [0.717, 1.165) is 22.1 Å². The summed E-state index contributed by atoms with van der Waals surface area (Å²) in [6, 6.07) is 9.51. The van der Waals surface area contributed by atoms with Gasteiger partial charge >= 0.3 is 0 Å². The first kappa shape index (κ1) is 16.0. The molecule has 4 nitrogen and oxygen atoms in total. The first-order chi connectivity index (χ1) is 10.3. The molecule has 0 aliphatic rings. The predicted octanol–water partition coefficient (Wildman–Crippen LogP) is 3.13. The summed E-state index contributed by atoms with van der Waals surface area (Å²) in [4.78, 5) is 16.3. The summed E-state index contributed by atoms with van der Waals surface area (Å²) in [5.74, 6) is 0.847. The molecule has 112 valence electrons. The van der Waals surface area contributed by atoms with Crippen LogP contribution in [-0.4, -0.2) is 30.3 Å². The number of methoxy groups -OCH3 is 1. The number of benzene rings is 1. The molecular formula is C15H18N2O2S2. The zero-order valence-electron chi connectivity index (χ0n) is 11.8. The molecule has 1 N–H and O–H groups in total. The van der Waals surface area contributed by atoms with Crippen molar-refractivity contribution in [1.29, 1.82) is 0 Å². The fourth-order valence-electron chi connectivity index (χ4n) is 1.84. The van der Waals surface area contributed by atoms with Gasteiger partial charge in [0.1, 0.15) is 4.34 Å². The molecule has 0 saturated carbocycles. The average Bonchev–Trinajstić information content (AvgIpc) is 3.02. The molecule has 1 amide bonds. The van der Waals surface area contributed by atoms with Gasteiger partial charge in [0, 0.05) is 31.0 Å². The first-order valence-electron chi connectivity index (χ1n) is 6.69. The van der Waals surface area contributed by atoms with Crippen LogP contribution in [0, 0.1) is 0 Å². The summed E-state index contributed by atoms with van der Waals surface area (Å²) < 4.78 is 6.36. The monoisotopic (exact) mass is 322 g/mol. The van der Waals surface area contributed by atoms with Crippen molar-refractivity contribution < 1.29 is 9.53 Å². The van der Waals surface area contributed by atoms with Gasteiger partial charge in [-0.15, -0.1) is 11.3 Å². The number of ether oxygens (including phenoxy) is 1. The van der Waals surface area contributed by atoms with Crippen molar-refractivity contribution in [3.8, 4) is 0 Å². The van der Waals surface area contributed by atoms with Crippen molar-refractivity contribution in [2.24, 2.45) is 0 Å². The van der Waals surface area contributed by atoms with Crippen LogP contribution in [-0.2, 0) is 9.53 Å². The first-order valence-corrected chi connectivity index (χ1v) is 8.55. The van der Waals surface area contributed by atoms with E-state index < -0.39 is 6.10 Å². The Morgan fingerprint density at radius 2 is 2.24 bits per heavy atom. The lowest BCUT2D eigenvalue weighted by Gasteiger charge is -2.15. The number of aromatic nitrogens is 1. The van der Waals surface area contributed by atoms with Crippen molar-refractivity contribution in [2.75, 3.05) is 19.4 Å². The second-order valence-electron chi connectivity index (χ2n) is 4.32. The third kappa shape index (κ3) is 5.15. The van der Waals surface area contributed by atoms with Crippen molar-refractivity contribution in [3.63, 3.8) is 0 Å². The Balaban J connectivity index is 1.70. The Morgan fingerprint density at radius 3 is 2.90 bits per heavy atom. The van der Waals surface area contributed by atoms with E-state index in [1.165, 1.54) is 0 Å². The van der Waals surface area contributed by atoms with E-state index >= 15 is 0 Å². The summed E-state index contributed by atoms with van der Waals surface area (Å²) in [7, 11) is 1.55. The Morgan fingerprint density at radius 1 is 1.43 bits per heavy atom. The molecule has 1 atom stereocenters. The van der Waals surface area contributed by atoms with Crippen LogP contribution in [0.4, 0.5) is 0 Å². The van der Waals surface area contributed by atoms with Gasteiger partial charge in [0.05, 0.1) is 0 Å². The van der Waals surface area contributed by atoms with Crippen molar-refractivity contribution in [1.82, 2.24) is 10.3 Å². The van der Waals surface area contributed by atoms with E-state index in [0.29, 0.717) is 6.54 Å². The third-order valence-corrected chi connectivity index (χ3v) is 4.88. The summed E-state index contributed by atoms with van der Waals surface area (Å²) in [5, 5.41) is 4.88. The molecule has 0 unspecified atom stereocenters. The lowest BCUT2D eigenvalue weighted by Crippen LogP contribution is -2.31. The smallest absolute Gasteiger partial charge is 0.253 e. The summed E-state index contributed by atoms with van der Waals surface area (Å²) in [6.07, 6.45) is 2.16. The summed E-state index contributed by atoms with van der Waals surface area (Å²) in [5.41, 5.74) is 0.870. The standard InChI is InChI=1S/C15H18N2O2S2/c1-19-13(12-6-3-2-4-7-12)14(18)16-8-5-10-20-15-17-9-11-21-15/h2-4,6-7,9,11,13H,5,8,10H2,1H3,(H,16,18)/t13-/m1/s1. The highest BCUT2D eigenvalue weighted by atomic mass is 32.2. The number of hydrogen-bond donors (Lipinski definition) is 1. The van der Waals surface area contributed by atoms with Gasteiger partial charge < -0.3 is 10.1 Å². The largest absolute Gasteiger partial charge is 0.367 e. The van der Waals surface area contributed by atoms with Crippen molar-refractivity contribution in [2.45, 2.75) is 16.9 Å². The normalized spacial score (nSPS) is 12.0. The summed E-state index contributed by atoms with van der Waals surface area (Å²) >= 11 is 3.35. The molecular weight excluding hydrogens is 304 g/mol. The minimum atomic E-state index is -0.544. The number of thiazole rings is 1. The van der Waals surface area contributed by atoms with E-state index in [1.807, 2.05) is 35.7 Å². The van der Waals surface area contributed by atoms with Crippen LogP contribution in [0.25, 0.3) is 0 Å². The number of amides is 1. The van der Waals surface area contributed by atoms with E-state index in [1.54, 1.807) is 36.4 Å².